The van der Waals surface area contributed by atoms with E-state index in [4.69, 9.17) is 18.9 Å². The van der Waals surface area contributed by atoms with Crippen molar-refractivity contribution < 1.29 is 47.7 Å². The Kier molecular flexibility index (Phi) is 9.58. The number of rotatable bonds is 8. The van der Waals surface area contributed by atoms with E-state index in [0.29, 0.717) is 38.8 Å². The minimum absolute atomic E-state index is 0.336. The number of amides is 2. The second-order valence-corrected chi connectivity index (χ2v) is 7.92. The molecule has 188 valence electrons. The molecule has 2 fully saturated rings. The molecule has 12 nitrogen and oxygen atoms in total. The molecule has 2 saturated heterocycles. The van der Waals surface area contributed by atoms with Crippen LogP contribution in [-0.4, -0.2) is 97.1 Å². The predicted octanol–water partition coefficient (Wildman–Crippen LogP) is -0.266. The number of ether oxygens (including phenoxy) is 4. The Hall–Kier alpha value is -3.44. The topological polar surface area (TPSA) is 146 Å². The van der Waals surface area contributed by atoms with Gasteiger partial charge >= 0.3 is 23.9 Å². The molecule has 0 unspecified atom stereocenters. The number of carbonyl (C=O) groups excluding carboxylic acids is 6. The first-order valence-corrected chi connectivity index (χ1v) is 11.0. The quantitative estimate of drug-likeness (QED) is 0.257. The van der Waals surface area contributed by atoms with Gasteiger partial charge in [-0.05, 0) is 39.5 Å². The molecule has 34 heavy (non-hydrogen) atoms. The van der Waals surface area contributed by atoms with E-state index < -0.39 is 60.0 Å². The molecule has 0 N–H and O–H groups in total. The van der Waals surface area contributed by atoms with Crippen LogP contribution in [0.25, 0.3) is 0 Å². The van der Waals surface area contributed by atoms with E-state index in [1.54, 1.807) is 0 Å². The van der Waals surface area contributed by atoms with Crippen molar-refractivity contribution in [2.75, 3.05) is 27.3 Å². The lowest BCUT2D eigenvalue weighted by atomic mass is 10.2. The lowest BCUT2D eigenvalue weighted by Gasteiger charge is -2.25. The number of carbonyl (C=O) groups is 6. The Morgan fingerprint density at radius 1 is 0.706 bits per heavy atom. The van der Waals surface area contributed by atoms with Gasteiger partial charge in [-0.25, -0.2) is 19.2 Å². The van der Waals surface area contributed by atoms with Gasteiger partial charge in [-0.15, -0.1) is 0 Å². The van der Waals surface area contributed by atoms with Gasteiger partial charge in [0.25, 0.3) is 11.8 Å². The first-order chi connectivity index (χ1) is 16.1. The average molecular weight is 482 g/mol. The van der Waals surface area contributed by atoms with Crippen molar-refractivity contribution in [2.24, 2.45) is 0 Å². The molecule has 2 aliphatic rings. The van der Waals surface area contributed by atoms with E-state index in [0.717, 1.165) is 12.2 Å². The summed E-state index contributed by atoms with van der Waals surface area (Å²) in [5, 5.41) is 0. The first kappa shape index (κ1) is 26.8. The predicted molar refractivity (Wildman–Crippen MR) is 114 cm³/mol. The van der Waals surface area contributed by atoms with Crippen molar-refractivity contribution in [1.82, 2.24) is 9.80 Å². The highest BCUT2D eigenvalue weighted by molar-refractivity contribution is 5.95. The first-order valence-electron chi connectivity index (χ1n) is 11.0. The van der Waals surface area contributed by atoms with Crippen LogP contribution in [0.4, 0.5) is 0 Å². The third-order valence-corrected chi connectivity index (χ3v) is 5.66. The maximum Gasteiger partial charge on any atom is 0.331 e. The van der Waals surface area contributed by atoms with E-state index in [1.165, 1.54) is 37.9 Å². The zero-order chi connectivity index (χ0) is 25.4. The van der Waals surface area contributed by atoms with Crippen molar-refractivity contribution in [1.29, 1.82) is 0 Å². The molecule has 2 aliphatic heterocycles. The number of hydrogen-bond donors (Lipinski definition) is 0. The normalized spacial score (nSPS) is 21.6. The lowest BCUT2D eigenvalue weighted by Crippen LogP contribution is -2.46. The van der Waals surface area contributed by atoms with Gasteiger partial charge in [-0.2, -0.15) is 0 Å². The number of hydrogen-bond acceptors (Lipinski definition) is 10. The highest BCUT2D eigenvalue weighted by atomic mass is 16.6. The van der Waals surface area contributed by atoms with Crippen LogP contribution >= 0.6 is 0 Å². The Morgan fingerprint density at radius 2 is 1.06 bits per heavy atom. The van der Waals surface area contributed by atoms with E-state index >= 15 is 0 Å². The van der Waals surface area contributed by atoms with Crippen molar-refractivity contribution >= 4 is 35.7 Å². The van der Waals surface area contributed by atoms with E-state index in [2.05, 4.69) is 0 Å². The van der Waals surface area contributed by atoms with Gasteiger partial charge in [0.2, 0.25) is 0 Å². The van der Waals surface area contributed by atoms with Crippen LogP contribution in [0.2, 0.25) is 0 Å². The summed E-state index contributed by atoms with van der Waals surface area (Å²) in [5.41, 5.74) is 0. The molecule has 0 aromatic heterocycles. The Balaban J connectivity index is 1.85. The number of methoxy groups -OCH3 is 2. The average Bonchev–Trinajstić information content (AvgIpc) is 3.50. The standard InChI is InChI=1S/C22H30N2O10/c1-13(19(27)23-11-5-7-15(23)21(29)31-3)33-17(25)9-10-18(26)34-14(2)20(28)24-12-6-8-16(24)22(30)32-4/h9-10,13-16H,5-8,11-12H2,1-4H3/b10-9+/t13-,14-,15-,16-/m0/s1. The fourth-order valence-electron chi connectivity index (χ4n) is 3.95. The summed E-state index contributed by atoms with van der Waals surface area (Å²) < 4.78 is 19.4. The van der Waals surface area contributed by atoms with E-state index in [-0.39, 0.29) is 0 Å². The van der Waals surface area contributed by atoms with Gasteiger partial charge in [0, 0.05) is 25.2 Å². The highest BCUT2D eigenvalue weighted by Gasteiger charge is 2.38. The van der Waals surface area contributed by atoms with Crippen LogP contribution in [0.3, 0.4) is 0 Å². The molecule has 4 atom stereocenters. The van der Waals surface area contributed by atoms with Crippen LogP contribution in [0.1, 0.15) is 39.5 Å². The number of likely N-dealkylation sites (tertiary alicyclic amines) is 2. The van der Waals surface area contributed by atoms with Gasteiger partial charge in [-0.3, -0.25) is 9.59 Å². The summed E-state index contributed by atoms with van der Waals surface area (Å²) in [7, 11) is 2.46. The monoisotopic (exact) mass is 482 g/mol. The largest absolute Gasteiger partial charge is 0.467 e. The second-order valence-electron chi connectivity index (χ2n) is 7.92. The summed E-state index contributed by atoms with van der Waals surface area (Å²) in [6, 6.07) is -1.45. The Bertz CT molecular complexity index is 787. The van der Waals surface area contributed by atoms with Crippen LogP contribution in [0.15, 0.2) is 12.2 Å². The van der Waals surface area contributed by atoms with Gasteiger partial charge in [-0.1, -0.05) is 0 Å². The number of nitrogens with zero attached hydrogens (tertiary/aromatic N) is 2. The molecule has 0 spiro atoms. The van der Waals surface area contributed by atoms with Crippen LogP contribution < -0.4 is 0 Å². The summed E-state index contributed by atoms with van der Waals surface area (Å²) >= 11 is 0. The third kappa shape index (κ3) is 6.55. The highest BCUT2D eigenvalue weighted by Crippen LogP contribution is 2.21. The minimum atomic E-state index is -1.19. The van der Waals surface area contributed by atoms with Gasteiger partial charge < -0.3 is 28.7 Å². The van der Waals surface area contributed by atoms with Gasteiger partial charge in [0.15, 0.2) is 12.2 Å². The molecule has 2 amide bonds. The summed E-state index contributed by atoms with van der Waals surface area (Å²) in [6.45, 7) is 3.38. The van der Waals surface area contributed by atoms with E-state index in [9.17, 15) is 28.8 Å². The zero-order valence-electron chi connectivity index (χ0n) is 19.7. The molecule has 2 heterocycles. The molecule has 12 heteroatoms. The smallest absolute Gasteiger partial charge is 0.331 e. The molecule has 2 rings (SSSR count). The SMILES string of the molecule is COC(=O)[C@@H]1CCCN1C(=O)[C@H](C)OC(=O)/C=C/C(=O)O[C@@H](C)C(=O)N1CCC[C@H]1C(=O)OC. The molecule has 0 aliphatic carbocycles. The van der Waals surface area contributed by atoms with Crippen molar-refractivity contribution in [3.05, 3.63) is 12.2 Å². The van der Waals surface area contributed by atoms with Crippen molar-refractivity contribution in [2.45, 2.75) is 63.8 Å². The molecule has 0 bridgehead atoms. The second kappa shape index (κ2) is 12.1. The number of esters is 4. The molecule has 0 aromatic carbocycles. The fourth-order valence-corrected chi connectivity index (χ4v) is 3.95. The van der Waals surface area contributed by atoms with Crippen molar-refractivity contribution in [3.63, 3.8) is 0 Å². The van der Waals surface area contributed by atoms with Crippen molar-refractivity contribution in [3.8, 4) is 0 Å². The molecule has 0 radical (unpaired) electrons. The maximum atomic E-state index is 12.5. The molecular weight excluding hydrogens is 452 g/mol. The van der Waals surface area contributed by atoms with E-state index in [1.807, 2.05) is 0 Å². The van der Waals surface area contributed by atoms with Crippen LogP contribution in [0.5, 0.6) is 0 Å². The van der Waals surface area contributed by atoms with Crippen LogP contribution in [0, 0.1) is 0 Å². The molecule has 0 saturated carbocycles. The maximum absolute atomic E-state index is 12.5. The summed E-state index contributed by atoms with van der Waals surface area (Å²) in [5.74, 6) is -4.14. The molecule has 0 aromatic rings. The summed E-state index contributed by atoms with van der Waals surface area (Å²) in [4.78, 5) is 75.3. The molecular formula is C22H30N2O10. The zero-order valence-corrected chi connectivity index (χ0v) is 19.7. The van der Waals surface area contributed by atoms with Gasteiger partial charge in [0.05, 0.1) is 14.2 Å². The lowest BCUT2D eigenvalue weighted by molar-refractivity contribution is -0.160. The third-order valence-electron chi connectivity index (χ3n) is 5.66. The van der Waals surface area contributed by atoms with Crippen LogP contribution in [-0.2, 0) is 47.7 Å². The fraction of sp³-hybridized carbons (Fsp3) is 0.636. The van der Waals surface area contributed by atoms with Gasteiger partial charge in [0.1, 0.15) is 12.1 Å². The Labute approximate surface area is 197 Å². The minimum Gasteiger partial charge on any atom is -0.467 e. The summed E-state index contributed by atoms with van der Waals surface area (Å²) in [6.07, 6.45) is 1.32. The Morgan fingerprint density at radius 3 is 1.38 bits per heavy atom.